The summed E-state index contributed by atoms with van der Waals surface area (Å²) in [5.74, 6) is 0. The van der Waals surface area contributed by atoms with Crippen LogP contribution in [-0.4, -0.2) is 24.3 Å². The lowest BCUT2D eigenvalue weighted by molar-refractivity contribution is 0.0584. The molecule has 1 amide bonds. The molecule has 2 rings (SSSR count). The zero-order valence-electron chi connectivity index (χ0n) is 14.4. The molecule has 22 heavy (non-hydrogen) atoms. The highest BCUT2D eigenvalue weighted by Gasteiger charge is 2.28. The van der Waals surface area contributed by atoms with E-state index in [2.05, 4.69) is 25.2 Å². The maximum atomic E-state index is 12.3. The number of hydrogen-bond donors (Lipinski definition) is 1. The van der Waals surface area contributed by atoms with Crippen LogP contribution in [0.3, 0.4) is 0 Å². The van der Waals surface area contributed by atoms with Gasteiger partial charge in [-0.1, -0.05) is 13.3 Å². The summed E-state index contributed by atoms with van der Waals surface area (Å²) in [7, 11) is 0. The van der Waals surface area contributed by atoms with Crippen LogP contribution in [0.2, 0.25) is 0 Å². The Morgan fingerprint density at radius 3 is 2.77 bits per heavy atom. The average Bonchev–Trinajstić information content (AvgIpc) is 2.80. The number of rotatable bonds is 4. The van der Waals surface area contributed by atoms with Crippen LogP contribution in [0.1, 0.15) is 53.0 Å². The molecule has 1 heterocycles. The maximum absolute atomic E-state index is 12.3. The summed E-state index contributed by atoms with van der Waals surface area (Å²) in [6, 6.07) is 6.69. The van der Waals surface area contributed by atoms with Gasteiger partial charge in [-0.2, -0.15) is 0 Å². The molecule has 122 valence electrons. The van der Waals surface area contributed by atoms with Gasteiger partial charge in [-0.25, -0.2) is 4.79 Å². The molecule has 0 fully saturated rings. The van der Waals surface area contributed by atoms with Gasteiger partial charge < -0.3 is 10.1 Å². The van der Waals surface area contributed by atoms with Crippen LogP contribution in [0.4, 0.5) is 16.2 Å². The molecule has 0 aliphatic carbocycles. The lowest BCUT2D eigenvalue weighted by Gasteiger charge is -2.25. The minimum absolute atomic E-state index is 0.258. The zero-order valence-corrected chi connectivity index (χ0v) is 14.4. The number of ether oxygens (including phenoxy) is 1. The van der Waals surface area contributed by atoms with Gasteiger partial charge >= 0.3 is 6.09 Å². The van der Waals surface area contributed by atoms with Crippen molar-refractivity contribution < 1.29 is 9.53 Å². The molecule has 0 spiro atoms. The van der Waals surface area contributed by atoms with Gasteiger partial charge in [-0.05, 0) is 64.3 Å². The van der Waals surface area contributed by atoms with Gasteiger partial charge in [0.1, 0.15) is 5.60 Å². The topological polar surface area (TPSA) is 41.6 Å². The fourth-order valence-corrected chi connectivity index (χ4v) is 2.79. The van der Waals surface area contributed by atoms with E-state index in [1.807, 2.05) is 32.9 Å². The number of benzene rings is 1. The summed E-state index contributed by atoms with van der Waals surface area (Å²) in [6.45, 7) is 10.8. The normalized spacial score (nSPS) is 15.4. The molecular formula is C18H28N2O2. The van der Waals surface area contributed by atoms with E-state index in [0.717, 1.165) is 24.2 Å². The minimum Gasteiger partial charge on any atom is -0.443 e. The highest BCUT2D eigenvalue weighted by molar-refractivity contribution is 5.91. The molecule has 0 radical (unpaired) electrons. The highest BCUT2D eigenvalue weighted by atomic mass is 16.6. The Morgan fingerprint density at radius 1 is 1.41 bits per heavy atom. The second-order valence-corrected chi connectivity index (χ2v) is 7.06. The van der Waals surface area contributed by atoms with Gasteiger partial charge in [-0.15, -0.1) is 0 Å². The summed E-state index contributed by atoms with van der Waals surface area (Å²) in [5, 5.41) is 3.52. The number of anilines is 2. The van der Waals surface area contributed by atoms with Gasteiger partial charge in [0.2, 0.25) is 0 Å². The van der Waals surface area contributed by atoms with E-state index >= 15 is 0 Å². The number of carbonyl (C=O) groups is 1. The van der Waals surface area contributed by atoms with Gasteiger partial charge in [0.15, 0.2) is 0 Å². The summed E-state index contributed by atoms with van der Waals surface area (Å²) < 4.78 is 5.48. The SMILES string of the molecule is CCCC(C)Nc1ccc2c(c1)CCN2C(=O)OC(C)(C)C. The highest BCUT2D eigenvalue weighted by Crippen LogP contribution is 2.32. The number of fused-ring (bicyclic) bond motifs is 1. The van der Waals surface area contributed by atoms with Crippen molar-refractivity contribution in [1.82, 2.24) is 0 Å². The molecule has 1 aliphatic rings. The Kier molecular flexibility index (Phi) is 4.99. The molecule has 4 nitrogen and oxygen atoms in total. The first kappa shape index (κ1) is 16.7. The predicted octanol–water partition coefficient (Wildman–Crippen LogP) is 4.58. The van der Waals surface area contributed by atoms with E-state index in [0.29, 0.717) is 12.6 Å². The molecule has 1 unspecified atom stereocenters. The van der Waals surface area contributed by atoms with Crippen LogP contribution in [0.15, 0.2) is 18.2 Å². The Bertz CT molecular complexity index is 534. The molecule has 1 atom stereocenters. The van der Waals surface area contributed by atoms with Gasteiger partial charge in [0, 0.05) is 18.3 Å². The monoisotopic (exact) mass is 304 g/mol. The lowest BCUT2D eigenvalue weighted by atomic mass is 10.1. The average molecular weight is 304 g/mol. The van der Waals surface area contributed by atoms with E-state index in [9.17, 15) is 4.79 Å². The van der Waals surface area contributed by atoms with Crippen molar-refractivity contribution in [2.24, 2.45) is 0 Å². The summed E-state index contributed by atoms with van der Waals surface area (Å²) in [5.41, 5.74) is 2.85. The molecule has 1 aromatic carbocycles. The number of nitrogens with one attached hydrogen (secondary N) is 1. The summed E-state index contributed by atoms with van der Waals surface area (Å²) in [4.78, 5) is 14.0. The van der Waals surface area contributed by atoms with E-state index in [-0.39, 0.29) is 6.09 Å². The van der Waals surface area contributed by atoms with Crippen molar-refractivity contribution in [3.63, 3.8) is 0 Å². The largest absolute Gasteiger partial charge is 0.443 e. The maximum Gasteiger partial charge on any atom is 0.414 e. The summed E-state index contributed by atoms with van der Waals surface area (Å²) >= 11 is 0. The third kappa shape index (κ3) is 4.15. The van der Waals surface area contributed by atoms with Crippen LogP contribution >= 0.6 is 0 Å². The first-order chi connectivity index (χ1) is 10.3. The quantitative estimate of drug-likeness (QED) is 0.885. The first-order valence-corrected chi connectivity index (χ1v) is 8.20. The summed E-state index contributed by atoms with van der Waals surface area (Å²) in [6.07, 6.45) is 2.95. The van der Waals surface area contributed by atoms with E-state index in [1.165, 1.54) is 12.0 Å². The van der Waals surface area contributed by atoms with Gasteiger partial charge in [-0.3, -0.25) is 4.90 Å². The van der Waals surface area contributed by atoms with E-state index < -0.39 is 5.60 Å². The van der Waals surface area contributed by atoms with Crippen molar-refractivity contribution in [3.05, 3.63) is 23.8 Å². The molecule has 4 heteroatoms. The van der Waals surface area contributed by atoms with Crippen molar-refractivity contribution in [2.45, 2.75) is 65.5 Å². The van der Waals surface area contributed by atoms with Gasteiger partial charge in [0.25, 0.3) is 0 Å². The third-order valence-corrected chi connectivity index (χ3v) is 3.72. The molecular weight excluding hydrogens is 276 g/mol. The number of amides is 1. The molecule has 1 N–H and O–H groups in total. The minimum atomic E-state index is -0.461. The zero-order chi connectivity index (χ0) is 16.3. The van der Waals surface area contributed by atoms with Crippen molar-refractivity contribution in [1.29, 1.82) is 0 Å². The van der Waals surface area contributed by atoms with Crippen LogP contribution < -0.4 is 10.2 Å². The van der Waals surface area contributed by atoms with Crippen molar-refractivity contribution >= 4 is 17.5 Å². The van der Waals surface area contributed by atoms with Crippen molar-refractivity contribution in [2.75, 3.05) is 16.8 Å². The van der Waals surface area contributed by atoms with E-state index in [1.54, 1.807) is 4.90 Å². The smallest absolute Gasteiger partial charge is 0.414 e. The molecule has 0 bridgehead atoms. The Morgan fingerprint density at radius 2 is 2.14 bits per heavy atom. The first-order valence-electron chi connectivity index (χ1n) is 8.20. The van der Waals surface area contributed by atoms with Crippen LogP contribution in [0, 0.1) is 0 Å². The molecule has 0 saturated carbocycles. The van der Waals surface area contributed by atoms with Crippen molar-refractivity contribution in [3.8, 4) is 0 Å². The second-order valence-electron chi connectivity index (χ2n) is 7.06. The number of nitrogens with zero attached hydrogens (tertiary/aromatic N) is 1. The Labute approximate surface area is 133 Å². The van der Waals surface area contributed by atoms with E-state index in [4.69, 9.17) is 4.74 Å². The third-order valence-electron chi connectivity index (χ3n) is 3.72. The van der Waals surface area contributed by atoms with Crippen LogP contribution in [-0.2, 0) is 11.2 Å². The lowest BCUT2D eigenvalue weighted by Crippen LogP contribution is -2.35. The van der Waals surface area contributed by atoms with Crippen LogP contribution in [0.5, 0.6) is 0 Å². The molecule has 1 aromatic rings. The Balaban J connectivity index is 2.08. The predicted molar refractivity (Wildman–Crippen MR) is 91.7 cm³/mol. The fourth-order valence-electron chi connectivity index (χ4n) is 2.79. The molecule has 0 saturated heterocycles. The molecule has 0 aromatic heterocycles. The number of carbonyl (C=O) groups excluding carboxylic acids is 1. The number of hydrogen-bond acceptors (Lipinski definition) is 3. The molecule has 1 aliphatic heterocycles. The van der Waals surface area contributed by atoms with Gasteiger partial charge in [0.05, 0.1) is 5.69 Å². The standard InChI is InChI=1S/C18H28N2O2/c1-6-7-13(2)19-15-8-9-16-14(12-15)10-11-20(16)17(21)22-18(3,4)5/h8-9,12-13,19H,6-7,10-11H2,1-5H3. The second kappa shape index (κ2) is 6.59. The Hall–Kier alpha value is -1.71. The fraction of sp³-hybridized carbons (Fsp3) is 0.611. The van der Waals surface area contributed by atoms with Crippen LogP contribution in [0.25, 0.3) is 0 Å².